The number of thioether (sulfide) groups is 1. The molecule has 2 heterocycles. The number of carbonyl (C=O) groups excluding carboxylic acids is 1. The Balaban J connectivity index is 1.74. The third-order valence-electron chi connectivity index (χ3n) is 6.33. The van der Waals surface area contributed by atoms with E-state index in [1.807, 2.05) is 24.3 Å². The van der Waals surface area contributed by atoms with E-state index in [4.69, 9.17) is 30.9 Å². The third kappa shape index (κ3) is 7.71. The summed E-state index contributed by atoms with van der Waals surface area (Å²) in [6.07, 6.45) is -0.797. The smallest absolute Gasteiger partial charge is 0.303 e. The van der Waals surface area contributed by atoms with Gasteiger partial charge in [-0.1, -0.05) is 56.3 Å². The predicted molar refractivity (Wildman–Crippen MR) is 161 cm³/mol. The molecule has 220 valence electrons. The fourth-order valence-corrected chi connectivity index (χ4v) is 6.46. The van der Waals surface area contributed by atoms with Crippen LogP contribution in [-0.4, -0.2) is 59.0 Å². The van der Waals surface area contributed by atoms with Crippen LogP contribution in [0.1, 0.15) is 56.7 Å². The number of anilines is 1. The van der Waals surface area contributed by atoms with E-state index >= 15 is 0 Å². The van der Waals surface area contributed by atoms with Crippen LogP contribution in [-0.2, 0) is 20.7 Å². The first-order valence-electron chi connectivity index (χ1n) is 13.1. The van der Waals surface area contributed by atoms with Gasteiger partial charge in [-0.15, -0.1) is 0 Å². The highest BCUT2D eigenvalue weighted by Crippen LogP contribution is 2.45. The van der Waals surface area contributed by atoms with Gasteiger partial charge in [0.2, 0.25) is 0 Å². The van der Waals surface area contributed by atoms with E-state index in [2.05, 4.69) is 30.1 Å². The average molecular weight is 620 g/mol. The van der Waals surface area contributed by atoms with Gasteiger partial charge in [0.25, 0.3) is 5.91 Å². The number of hydrogen-bond donors (Lipinski definition) is 1. The maximum absolute atomic E-state index is 14.2. The number of methoxy groups -OCH3 is 2. The van der Waals surface area contributed by atoms with Gasteiger partial charge in [-0.25, -0.2) is 4.98 Å². The number of benzene rings is 2. The van der Waals surface area contributed by atoms with Crippen LogP contribution < -0.4 is 14.4 Å². The summed E-state index contributed by atoms with van der Waals surface area (Å²) in [5.41, 5.74) is 1.95. The van der Waals surface area contributed by atoms with Gasteiger partial charge in [0.1, 0.15) is 18.0 Å². The Bertz CT molecular complexity index is 1390. The lowest BCUT2D eigenvalue weighted by atomic mass is 9.94. The van der Waals surface area contributed by atoms with Gasteiger partial charge >= 0.3 is 5.97 Å². The first-order valence-corrected chi connectivity index (χ1v) is 15.3. The van der Waals surface area contributed by atoms with Crippen molar-refractivity contribution in [1.29, 1.82) is 0 Å². The Morgan fingerprint density at radius 1 is 1.20 bits per heavy atom. The minimum absolute atomic E-state index is 0.104. The van der Waals surface area contributed by atoms with Crippen molar-refractivity contribution in [3.63, 3.8) is 0 Å². The topological polar surface area (TPSA) is 111 Å². The fraction of sp³-hybridized carbons (Fsp3) is 0.448. The number of fused-ring (bicyclic) bond motifs is 1. The van der Waals surface area contributed by atoms with Crippen molar-refractivity contribution in [2.75, 3.05) is 31.4 Å². The fourth-order valence-electron chi connectivity index (χ4n) is 4.63. The molecule has 0 radical (unpaired) electrons. The Morgan fingerprint density at radius 3 is 2.66 bits per heavy atom. The summed E-state index contributed by atoms with van der Waals surface area (Å²) >= 11 is 9.19. The van der Waals surface area contributed by atoms with Crippen molar-refractivity contribution in [3.05, 3.63) is 58.4 Å². The van der Waals surface area contributed by atoms with Crippen LogP contribution >= 0.6 is 34.9 Å². The number of carboxylic acids is 1. The van der Waals surface area contributed by atoms with Gasteiger partial charge in [-0.2, -0.15) is 4.37 Å². The zero-order chi connectivity index (χ0) is 29.7. The Kier molecular flexibility index (Phi) is 10.2. The van der Waals surface area contributed by atoms with Crippen molar-refractivity contribution in [3.8, 4) is 11.5 Å². The summed E-state index contributed by atoms with van der Waals surface area (Å²) in [5.74, 6) is 1.14. The minimum atomic E-state index is -0.899. The molecule has 1 aromatic heterocycles. The number of hydrogen-bond acceptors (Lipinski definition) is 9. The molecule has 1 N–H and O–H groups in total. The summed E-state index contributed by atoms with van der Waals surface area (Å²) in [6, 6.07) is 11.0. The van der Waals surface area contributed by atoms with Crippen LogP contribution in [0.25, 0.3) is 0 Å². The Morgan fingerprint density at radius 2 is 1.98 bits per heavy atom. The van der Waals surface area contributed by atoms with Crippen LogP contribution in [0.5, 0.6) is 11.5 Å². The average Bonchev–Trinajstić information content (AvgIpc) is 3.34. The molecule has 1 aliphatic heterocycles. The second-order valence-corrected chi connectivity index (χ2v) is 13.3. The molecule has 9 nitrogen and oxygen atoms in total. The summed E-state index contributed by atoms with van der Waals surface area (Å²) in [4.78, 5) is 31.4. The molecule has 12 heteroatoms. The number of carbonyl (C=O) groups is 2. The number of carboxylic acid groups (broad SMARTS) is 1. The summed E-state index contributed by atoms with van der Waals surface area (Å²) in [5, 5.41) is 9.40. The molecular weight excluding hydrogens is 586 g/mol. The number of para-hydroxylation sites is 1. The van der Waals surface area contributed by atoms with Crippen molar-refractivity contribution < 1.29 is 28.9 Å². The molecule has 1 amide bonds. The van der Waals surface area contributed by atoms with Crippen LogP contribution in [0.3, 0.4) is 0 Å². The van der Waals surface area contributed by atoms with E-state index in [1.165, 1.54) is 23.3 Å². The highest BCUT2D eigenvalue weighted by atomic mass is 35.5. The predicted octanol–water partition coefficient (Wildman–Crippen LogP) is 6.28. The molecule has 4 rings (SSSR count). The Labute approximate surface area is 253 Å². The molecule has 0 aliphatic carbocycles. The van der Waals surface area contributed by atoms with Crippen molar-refractivity contribution in [2.45, 2.75) is 56.6 Å². The molecule has 1 aliphatic rings. The lowest BCUT2D eigenvalue weighted by molar-refractivity contribution is -0.137. The lowest BCUT2D eigenvalue weighted by Gasteiger charge is -2.31. The summed E-state index contributed by atoms with van der Waals surface area (Å²) in [7, 11) is 3.14. The minimum Gasteiger partial charge on any atom is -0.493 e. The van der Waals surface area contributed by atoms with Crippen LogP contribution in [0.15, 0.2) is 40.7 Å². The number of halogens is 1. The first kappa shape index (κ1) is 31.1. The second kappa shape index (κ2) is 13.4. The molecule has 2 aromatic carbocycles. The van der Waals surface area contributed by atoms with Gasteiger partial charge in [-0.05, 0) is 47.6 Å². The maximum Gasteiger partial charge on any atom is 0.303 e. The molecule has 3 aromatic rings. The largest absolute Gasteiger partial charge is 0.493 e. The van der Waals surface area contributed by atoms with Crippen molar-refractivity contribution in [1.82, 2.24) is 9.36 Å². The van der Waals surface area contributed by atoms with E-state index in [-0.39, 0.29) is 24.2 Å². The van der Waals surface area contributed by atoms with E-state index in [0.29, 0.717) is 52.3 Å². The second-order valence-electron chi connectivity index (χ2n) is 10.8. The van der Waals surface area contributed by atoms with Gasteiger partial charge in [0.05, 0.1) is 14.2 Å². The number of nitrogens with zero attached hydrogens (tertiary/aromatic N) is 3. The van der Waals surface area contributed by atoms with Crippen LogP contribution in [0.2, 0.25) is 5.02 Å². The van der Waals surface area contributed by atoms with Gasteiger partial charge in [0, 0.05) is 47.0 Å². The zero-order valence-corrected chi connectivity index (χ0v) is 26.1. The number of amides is 1. The third-order valence-corrected chi connectivity index (χ3v) is 8.52. The van der Waals surface area contributed by atoms with E-state index < -0.39 is 18.2 Å². The number of aromatic nitrogens is 2. The molecule has 41 heavy (non-hydrogen) atoms. The van der Waals surface area contributed by atoms with Gasteiger partial charge in [-0.3, -0.25) is 9.59 Å². The molecule has 0 fully saturated rings. The van der Waals surface area contributed by atoms with Crippen LogP contribution in [0.4, 0.5) is 5.69 Å². The van der Waals surface area contributed by atoms with Crippen LogP contribution in [0, 0.1) is 5.41 Å². The molecule has 2 atom stereocenters. The molecule has 0 bridgehead atoms. The molecular formula is C29H34ClN3O6S2. The molecule has 0 spiro atoms. The van der Waals surface area contributed by atoms with Gasteiger partial charge in [0.15, 0.2) is 15.8 Å². The van der Waals surface area contributed by atoms with E-state index in [9.17, 15) is 9.59 Å². The highest BCUT2D eigenvalue weighted by molar-refractivity contribution is 8.00. The maximum atomic E-state index is 14.2. The van der Waals surface area contributed by atoms with E-state index in [1.54, 1.807) is 31.3 Å². The Hall–Kier alpha value is -2.86. The number of aliphatic carboxylic acids is 1. The molecule has 0 unspecified atom stereocenters. The van der Waals surface area contributed by atoms with Gasteiger partial charge < -0.3 is 24.2 Å². The molecule has 0 saturated carbocycles. The summed E-state index contributed by atoms with van der Waals surface area (Å²) < 4.78 is 23.2. The standard InChI is InChI=1S/C29H34ClN3O6S2/c1-29(2,3)16-33-20-12-11-17(30)14-19(20)25(18-8-6-9-21(37-4)26(18)38-5)39-22(27(33)36)15-23-31-28(41-32-23)40-13-7-10-24(34)35/h6,8-9,11-12,14,22,25H,7,10,13,15-16H2,1-5H3,(H,34,35)/t22-,25-/m1/s1. The summed E-state index contributed by atoms with van der Waals surface area (Å²) in [6.45, 7) is 6.69. The van der Waals surface area contributed by atoms with Crippen molar-refractivity contribution in [2.24, 2.45) is 5.41 Å². The highest BCUT2D eigenvalue weighted by Gasteiger charge is 2.40. The molecule has 0 saturated heterocycles. The number of ether oxygens (including phenoxy) is 3. The lowest BCUT2D eigenvalue weighted by Crippen LogP contribution is -2.44. The zero-order valence-electron chi connectivity index (χ0n) is 23.7. The normalized spacial score (nSPS) is 17.2. The first-order chi connectivity index (χ1) is 19.5. The quantitative estimate of drug-likeness (QED) is 0.196. The monoisotopic (exact) mass is 619 g/mol. The van der Waals surface area contributed by atoms with Crippen molar-refractivity contribution >= 4 is 52.5 Å². The SMILES string of the molecule is COc1cccc([C@H]2O[C@H](Cc3nsc(SCCCC(=O)O)n3)C(=O)N(CC(C)(C)C)c3ccc(Cl)cc32)c1OC. The van der Waals surface area contributed by atoms with E-state index in [0.717, 1.165) is 9.90 Å². The number of rotatable bonds is 11.